The van der Waals surface area contributed by atoms with E-state index >= 15 is 0 Å². The average molecular weight is 349 g/mol. The summed E-state index contributed by atoms with van der Waals surface area (Å²) in [6.45, 7) is 3.38. The Bertz CT molecular complexity index is 608. The highest BCUT2D eigenvalue weighted by Crippen LogP contribution is 2.47. The zero-order chi connectivity index (χ0) is 16.8. The second-order valence-electron chi connectivity index (χ2n) is 4.12. The third kappa shape index (κ3) is 5.02. The van der Waals surface area contributed by atoms with Gasteiger partial charge in [-0.15, -0.1) is 0 Å². The summed E-state index contributed by atoms with van der Waals surface area (Å²) in [7, 11) is -2.04. The highest BCUT2D eigenvalue weighted by molar-refractivity contribution is 7.54. The van der Waals surface area contributed by atoms with Crippen LogP contribution in [0.2, 0.25) is 5.02 Å². The van der Waals surface area contributed by atoms with Gasteiger partial charge in [0, 0.05) is 12.1 Å². The number of rotatable bonds is 6. The molecule has 1 rings (SSSR count). The fraction of sp³-hybridized carbons (Fsp3) is 0.385. The van der Waals surface area contributed by atoms with E-state index in [2.05, 4.69) is 10.6 Å². The minimum absolute atomic E-state index is 0.0477. The minimum atomic E-state index is -3.50. The van der Waals surface area contributed by atoms with E-state index in [1.54, 1.807) is 13.8 Å². The fourth-order valence-corrected chi connectivity index (χ4v) is 2.82. The van der Waals surface area contributed by atoms with Crippen LogP contribution in [0.25, 0.3) is 0 Å². The quantitative estimate of drug-likeness (QED) is 0.767. The molecule has 0 bridgehead atoms. The number of benzene rings is 1. The molecule has 0 spiro atoms. The van der Waals surface area contributed by atoms with Crippen LogP contribution in [-0.4, -0.2) is 31.8 Å². The van der Waals surface area contributed by atoms with Crippen LogP contribution in [0, 0.1) is 0 Å². The molecule has 0 fully saturated rings. The van der Waals surface area contributed by atoms with E-state index < -0.39 is 19.6 Å². The summed E-state index contributed by atoms with van der Waals surface area (Å²) in [6, 6.07) is 4.36. The van der Waals surface area contributed by atoms with Crippen molar-refractivity contribution in [3.8, 4) is 0 Å². The van der Waals surface area contributed by atoms with E-state index in [9.17, 15) is 14.2 Å². The lowest BCUT2D eigenvalue weighted by molar-refractivity contribution is 0.0964. The second-order valence-corrected chi connectivity index (χ2v) is 6.85. The zero-order valence-electron chi connectivity index (χ0n) is 12.5. The second kappa shape index (κ2) is 8.17. The minimum Gasteiger partial charge on any atom is -0.374 e. The van der Waals surface area contributed by atoms with Crippen molar-refractivity contribution in [3.63, 3.8) is 0 Å². The van der Waals surface area contributed by atoms with Gasteiger partial charge >= 0.3 is 13.7 Å². The Morgan fingerprint density at radius 1 is 1.32 bits per heavy atom. The van der Waals surface area contributed by atoms with Crippen LogP contribution in [0.1, 0.15) is 24.2 Å². The molecule has 1 aromatic carbocycles. The molecule has 0 aliphatic heterocycles. The van der Waals surface area contributed by atoms with Crippen LogP contribution in [-0.2, 0) is 13.6 Å². The number of hydrogen-bond donors (Lipinski definition) is 2. The predicted molar refractivity (Wildman–Crippen MR) is 84.7 cm³/mol. The van der Waals surface area contributed by atoms with Gasteiger partial charge < -0.3 is 9.84 Å². The molecule has 7 nitrogen and oxygen atoms in total. The highest BCUT2D eigenvalue weighted by Gasteiger charge is 2.26. The first kappa shape index (κ1) is 18.5. The Morgan fingerprint density at radius 3 is 2.55 bits per heavy atom. The Hall–Kier alpha value is -1.56. The summed E-state index contributed by atoms with van der Waals surface area (Å²) in [4.78, 5) is 23.6. The van der Waals surface area contributed by atoms with Crippen molar-refractivity contribution in [2.75, 3.05) is 25.1 Å². The van der Waals surface area contributed by atoms with E-state index in [0.29, 0.717) is 5.02 Å². The molecule has 0 radical (unpaired) electrons. The summed E-state index contributed by atoms with van der Waals surface area (Å²) in [5.41, 5.74) is 0.350. The maximum absolute atomic E-state index is 12.1. The van der Waals surface area contributed by atoms with Crippen LogP contribution in [0.3, 0.4) is 0 Å². The van der Waals surface area contributed by atoms with Gasteiger partial charge in [0.2, 0.25) is 0 Å². The lowest BCUT2D eigenvalue weighted by atomic mass is 10.1. The van der Waals surface area contributed by atoms with Crippen LogP contribution < -0.4 is 10.6 Å². The first-order valence-electron chi connectivity index (χ1n) is 6.61. The van der Waals surface area contributed by atoms with E-state index in [4.69, 9.17) is 20.6 Å². The van der Waals surface area contributed by atoms with Crippen molar-refractivity contribution in [2.45, 2.75) is 13.8 Å². The summed E-state index contributed by atoms with van der Waals surface area (Å²) in [5, 5.41) is 5.12. The molecule has 0 aliphatic carbocycles. The summed E-state index contributed by atoms with van der Waals surface area (Å²) < 4.78 is 21.9. The maximum atomic E-state index is 12.1. The third-order valence-electron chi connectivity index (χ3n) is 2.63. The van der Waals surface area contributed by atoms with Crippen LogP contribution in [0.4, 0.5) is 10.5 Å². The van der Waals surface area contributed by atoms with E-state index in [0.717, 1.165) is 0 Å². The molecular weight excluding hydrogens is 331 g/mol. The average Bonchev–Trinajstić information content (AvgIpc) is 2.46. The normalized spacial score (nSPS) is 13.1. The molecule has 1 unspecified atom stereocenters. The highest BCUT2D eigenvalue weighted by atomic mass is 35.5. The molecule has 0 heterocycles. The maximum Gasteiger partial charge on any atom is 0.418 e. The Balaban J connectivity index is 2.94. The number of amides is 2. The summed E-state index contributed by atoms with van der Waals surface area (Å²) in [6.07, 6.45) is -0.933. The number of nitrogens with one attached hydrogen (secondary N) is 2. The Labute approximate surface area is 133 Å². The van der Waals surface area contributed by atoms with Crippen molar-refractivity contribution in [3.05, 3.63) is 28.8 Å². The molecule has 1 aromatic rings. The monoisotopic (exact) mass is 348 g/mol. The third-order valence-corrected chi connectivity index (χ3v) is 4.73. The molecule has 122 valence electrons. The first-order valence-corrected chi connectivity index (χ1v) is 8.71. The van der Waals surface area contributed by atoms with Gasteiger partial charge in [0.25, 0.3) is 5.91 Å². The largest absolute Gasteiger partial charge is 0.418 e. The predicted octanol–water partition coefficient (Wildman–Crippen LogP) is 3.50. The Kier molecular flexibility index (Phi) is 6.87. The van der Waals surface area contributed by atoms with Gasteiger partial charge in [0.05, 0.1) is 24.0 Å². The van der Waals surface area contributed by atoms with E-state index in [1.165, 1.54) is 25.2 Å². The van der Waals surface area contributed by atoms with Gasteiger partial charge in [-0.1, -0.05) is 18.5 Å². The molecule has 2 N–H and O–H groups in total. The van der Waals surface area contributed by atoms with Crippen LogP contribution in [0.5, 0.6) is 0 Å². The zero-order valence-corrected chi connectivity index (χ0v) is 14.2. The molecular formula is C13H18ClN2O5P. The van der Waals surface area contributed by atoms with Gasteiger partial charge in [-0.3, -0.25) is 14.6 Å². The lowest BCUT2D eigenvalue weighted by Gasteiger charge is -2.17. The Morgan fingerprint density at radius 2 is 2.00 bits per heavy atom. The van der Waals surface area contributed by atoms with E-state index in [1.807, 2.05) is 0 Å². The van der Waals surface area contributed by atoms with Crippen LogP contribution >= 0.6 is 19.2 Å². The SMILES string of the molecule is CCOP(=O)(CC)OC(=O)Nc1cc(Cl)ccc1C(=O)NC. The van der Waals surface area contributed by atoms with Crippen LogP contribution in [0.15, 0.2) is 18.2 Å². The summed E-state index contributed by atoms with van der Waals surface area (Å²) in [5.74, 6) is -0.407. The number of hydrogen-bond acceptors (Lipinski definition) is 5. The van der Waals surface area contributed by atoms with Gasteiger partial charge in [0.1, 0.15) is 0 Å². The van der Waals surface area contributed by atoms with Crippen molar-refractivity contribution in [1.29, 1.82) is 0 Å². The molecule has 22 heavy (non-hydrogen) atoms. The topological polar surface area (TPSA) is 93.7 Å². The van der Waals surface area contributed by atoms with Crippen molar-refractivity contribution in [2.24, 2.45) is 0 Å². The number of carbonyl (C=O) groups excluding carboxylic acids is 2. The number of anilines is 1. The first-order chi connectivity index (χ1) is 10.3. The molecule has 1 atom stereocenters. The van der Waals surface area contributed by atoms with Crippen molar-refractivity contribution < 1.29 is 23.2 Å². The molecule has 0 saturated heterocycles. The number of halogens is 1. The summed E-state index contributed by atoms with van der Waals surface area (Å²) >= 11 is 5.85. The van der Waals surface area contributed by atoms with Gasteiger partial charge in [0.15, 0.2) is 0 Å². The van der Waals surface area contributed by atoms with E-state index in [-0.39, 0.29) is 24.0 Å². The smallest absolute Gasteiger partial charge is 0.374 e. The van der Waals surface area contributed by atoms with Gasteiger partial charge in [-0.05, 0) is 25.1 Å². The van der Waals surface area contributed by atoms with Gasteiger partial charge in [-0.25, -0.2) is 9.36 Å². The number of carbonyl (C=O) groups is 2. The van der Waals surface area contributed by atoms with Crippen molar-refractivity contribution >= 4 is 36.9 Å². The van der Waals surface area contributed by atoms with Gasteiger partial charge in [-0.2, -0.15) is 0 Å². The molecule has 0 aliphatic rings. The lowest BCUT2D eigenvalue weighted by Crippen LogP contribution is -2.21. The molecule has 0 aromatic heterocycles. The standard InChI is InChI=1S/C13H18ClN2O5P/c1-4-20-22(19,5-2)21-13(18)16-11-8-9(14)6-7-10(11)12(17)15-3/h6-8H,4-5H2,1-3H3,(H,15,17)(H,16,18). The molecule has 2 amide bonds. The fourth-order valence-electron chi connectivity index (χ4n) is 1.59. The van der Waals surface area contributed by atoms with Crippen molar-refractivity contribution in [1.82, 2.24) is 5.32 Å². The molecule has 9 heteroatoms. The molecule has 0 saturated carbocycles.